The molecule has 0 radical (unpaired) electrons. The van der Waals surface area contributed by atoms with E-state index in [9.17, 15) is 30.7 Å². The van der Waals surface area contributed by atoms with Crippen LogP contribution in [0.1, 0.15) is 29.5 Å². The second-order valence-corrected chi connectivity index (χ2v) is 8.41. The third kappa shape index (κ3) is 4.05. The molecule has 2 aromatic rings. The van der Waals surface area contributed by atoms with Crippen LogP contribution in [-0.4, -0.2) is 31.7 Å². The van der Waals surface area contributed by atoms with Gasteiger partial charge in [-0.15, -0.1) is 5.10 Å². The lowest BCUT2D eigenvalue weighted by molar-refractivity contribution is -0.168. The van der Waals surface area contributed by atoms with Gasteiger partial charge in [0.15, 0.2) is 0 Å². The second-order valence-electron chi connectivity index (χ2n) is 8.41. The van der Waals surface area contributed by atoms with Crippen LogP contribution >= 0.6 is 0 Å². The molecular weight excluding hydrogens is 479 g/mol. The number of hydrazone groups is 1. The summed E-state index contributed by atoms with van der Waals surface area (Å²) < 4.78 is 93.9. The topological polar surface area (TPSA) is 43.2 Å². The quantitative estimate of drug-likeness (QED) is 0.444. The Balaban J connectivity index is 1.53. The van der Waals surface area contributed by atoms with Crippen LogP contribution in [0.25, 0.3) is 0 Å². The van der Waals surface area contributed by atoms with E-state index in [1.54, 1.807) is 0 Å². The van der Waals surface area contributed by atoms with Gasteiger partial charge >= 0.3 is 12.4 Å². The molecular formula is C23H16F7N5. The van der Waals surface area contributed by atoms with Gasteiger partial charge in [0.2, 0.25) is 0 Å². The molecule has 1 saturated carbocycles. The Bertz CT molecular complexity index is 1330. The van der Waals surface area contributed by atoms with Crippen molar-refractivity contribution in [2.75, 3.05) is 23.5 Å². The number of alkyl halides is 6. The lowest BCUT2D eigenvalue weighted by atomic mass is 10.0. The van der Waals surface area contributed by atoms with Crippen molar-refractivity contribution in [2.24, 2.45) is 15.5 Å². The number of fused-ring (bicyclic) bond motifs is 3. The number of nitrogens with zero attached hydrogens (tertiary/aromatic N) is 4. The summed E-state index contributed by atoms with van der Waals surface area (Å²) in [7, 11) is 1.52. The highest BCUT2D eigenvalue weighted by Gasteiger charge is 2.62. The average molecular weight is 495 g/mol. The van der Waals surface area contributed by atoms with Crippen LogP contribution < -0.4 is 15.2 Å². The highest BCUT2D eigenvalue weighted by molar-refractivity contribution is 6.23. The summed E-state index contributed by atoms with van der Waals surface area (Å²) >= 11 is 0. The third-order valence-electron chi connectivity index (χ3n) is 6.04. The molecule has 3 aliphatic rings. The predicted octanol–water partition coefficient (Wildman–Crippen LogP) is 5.07. The summed E-state index contributed by atoms with van der Waals surface area (Å²) in [6, 6.07) is 6.72. The van der Waals surface area contributed by atoms with Crippen molar-refractivity contribution in [3.05, 3.63) is 58.9 Å². The van der Waals surface area contributed by atoms with E-state index in [4.69, 9.17) is 0 Å². The smallest absolute Gasteiger partial charge is 0.329 e. The maximum absolute atomic E-state index is 14.4. The molecule has 5 nitrogen and oxygen atoms in total. The molecule has 35 heavy (non-hydrogen) atoms. The van der Waals surface area contributed by atoms with Crippen LogP contribution in [0.15, 0.2) is 46.5 Å². The molecule has 1 fully saturated rings. The summed E-state index contributed by atoms with van der Waals surface area (Å²) in [5.41, 5.74) is 0.536. The first kappa shape index (κ1) is 23.0. The fraction of sp³-hybridized carbons (Fsp3) is 0.304. The van der Waals surface area contributed by atoms with Gasteiger partial charge < -0.3 is 4.90 Å². The summed E-state index contributed by atoms with van der Waals surface area (Å²) in [6.45, 7) is 0.116. The van der Waals surface area contributed by atoms with Gasteiger partial charge in [0, 0.05) is 23.9 Å². The number of anilines is 2. The van der Waals surface area contributed by atoms with E-state index in [-0.39, 0.29) is 48.2 Å². The molecule has 2 heterocycles. The van der Waals surface area contributed by atoms with Crippen LogP contribution in [0.4, 0.5) is 42.1 Å². The summed E-state index contributed by atoms with van der Waals surface area (Å²) in [4.78, 5) is 7.30. The standard InChI is InChI=1S/C23H16F7N5/c1-34(16-9-13(8-15(24)11-16)4-5-21(6-7-21)23(28,29)30)19-17-3-2-14(22(25,26)27)10-18(17)35-12-31-33-20(35)32-19/h2-3,8-11,31H,6-7,12H2,1H3. The lowest BCUT2D eigenvalue weighted by Crippen LogP contribution is -2.39. The highest BCUT2D eigenvalue weighted by Crippen LogP contribution is 2.57. The van der Waals surface area contributed by atoms with Crippen LogP contribution in [0.5, 0.6) is 0 Å². The fourth-order valence-corrected chi connectivity index (χ4v) is 3.88. The lowest BCUT2D eigenvalue weighted by Gasteiger charge is -2.31. The van der Waals surface area contributed by atoms with E-state index in [2.05, 4.69) is 27.4 Å². The number of hydrogen-bond donors (Lipinski definition) is 1. The molecule has 5 rings (SSSR count). The summed E-state index contributed by atoms with van der Waals surface area (Å²) in [5, 5.41) is 3.99. The highest BCUT2D eigenvalue weighted by atomic mass is 19.4. The van der Waals surface area contributed by atoms with Crippen molar-refractivity contribution in [1.82, 2.24) is 5.43 Å². The summed E-state index contributed by atoms with van der Waals surface area (Å²) in [6.07, 6.45) is -9.24. The molecule has 0 aromatic heterocycles. The number of nitrogens with one attached hydrogen (secondary N) is 1. The number of halogens is 7. The first-order chi connectivity index (χ1) is 16.4. The van der Waals surface area contributed by atoms with Gasteiger partial charge in [-0.05, 0) is 49.2 Å². The van der Waals surface area contributed by atoms with E-state index in [0.29, 0.717) is 5.56 Å². The van der Waals surface area contributed by atoms with E-state index in [0.717, 1.165) is 24.3 Å². The Kier molecular flexibility index (Phi) is 5.02. The van der Waals surface area contributed by atoms with Gasteiger partial charge in [-0.3, -0.25) is 10.3 Å². The van der Waals surface area contributed by atoms with E-state index in [1.165, 1.54) is 29.0 Å². The Morgan fingerprint density at radius 1 is 1.06 bits per heavy atom. The molecule has 0 bridgehead atoms. The predicted molar refractivity (Wildman–Crippen MR) is 115 cm³/mol. The SMILES string of the molecule is CN(C1=NC2=NNCN2c2cc(C(F)(F)F)ccc21)c1cc(F)cc(C#CC2(C(F)(F)F)CC2)c1. The minimum atomic E-state index is -4.56. The number of benzene rings is 2. The van der Waals surface area contributed by atoms with Crippen molar-refractivity contribution < 1.29 is 30.7 Å². The van der Waals surface area contributed by atoms with Crippen LogP contribution in [0.2, 0.25) is 0 Å². The Morgan fingerprint density at radius 3 is 2.46 bits per heavy atom. The normalized spacial score (nSPS) is 17.9. The zero-order valence-electron chi connectivity index (χ0n) is 18.0. The largest absolute Gasteiger partial charge is 0.416 e. The third-order valence-corrected chi connectivity index (χ3v) is 6.04. The fourth-order valence-electron chi connectivity index (χ4n) is 3.88. The Hall–Kier alpha value is -3.75. The van der Waals surface area contributed by atoms with E-state index in [1.807, 2.05) is 0 Å². The molecule has 0 saturated heterocycles. The summed E-state index contributed by atoms with van der Waals surface area (Å²) in [5.74, 6) is 4.24. The first-order valence-electron chi connectivity index (χ1n) is 10.4. The average Bonchev–Trinajstić information content (AvgIpc) is 3.45. The van der Waals surface area contributed by atoms with Gasteiger partial charge in [0.25, 0.3) is 5.96 Å². The second kappa shape index (κ2) is 7.63. The van der Waals surface area contributed by atoms with E-state index < -0.39 is 29.1 Å². The van der Waals surface area contributed by atoms with Crippen molar-refractivity contribution in [1.29, 1.82) is 0 Å². The molecule has 2 aliphatic heterocycles. The van der Waals surface area contributed by atoms with Crippen LogP contribution in [0.3, 0.4) is 0 Å². The maximum Gasteiger partial charge on any atom is 0.416 e. The molecule has 2 aromatic carbocycles. The molecule has 12 heteroatoms. The molecule has 1 aliphatic carbocycles. The number of guanidine groups is 1. The van der Waals surface area contributed by atoms with Crippen molar-refractivity contribution in [3.8, 4) is 11.8 Å². The van der Waals surface area contributed by atoms with Gasteiger partial charge in [-0.1, -0.05) is 11.8 Å². The molecule has 0 unspecified atom stereocenters. The maximum atomic E-state index is 14.4. The Morgan fingerprint density at radius 2 is 1.80 bits per heavy atom. The molecule has 0 spiro atoms. The van der Waals surface area contributed by atoms with E-state index >= 15 is 0 Å². The molecule has 0 atom stereocenters. The van der Waals surface area contributed by atoms with Crippen molar-refractivity contribution in [3.63, 3.8) is 0 Å². The molecule has 1 N–H and O–H groups in total. The first-order valence-corrected chi connectivity index (χ1v) is 10.4. The number of rotatable bonds is 1. The minimum Gasteiger partial charge on any atom is -0.329 e. The van der Waals surface area contributed by atoms with Gasteiger partial charge in [-0.2, -0.15) is 31.3 Å². The molecule has 0 amide bonds. The van der Waals surface area contributed by atoms with Gasteiger partial charge in [0.1, 0.15) is 23.7 Å². The van der Waals surface area contributed by atoms with Crippen LogP contribution in [-0.2, 0) is 6.18 Å². The monoisotopic (exact) mass is 495 g/mol. The number of aliphatic imine (C=N–C) groups is 1. The number of amidine groups is 1. The zero-order chi connectivity index (χ0) is 25.2. The van der Waals surface area contributed by atoms with Crippen molar-refractivity contribution >= 4 is 23.2 Å². The zero-order valence-corrected chi connectivity index (χ0v) is 18.0. The Labute approximate surface area is 194 Å². The van der Waals surface area contributed by atoms with Gasteiger partial charge in [0.05, 0.1) is 11.3 Å². The number of hydrogen-bond acceptors (Lipinski definition) is 5. The van der Waals surface area contributed by atoms with Gasteiger partial charge in [-0.25, -0.2) is 4.39 Å². The van der Waals surface area contributed by atoms with Crippen molar-refractivity contribution in [2.45, 2.75) is 25.2 Å². The van der Waals surface area contributed by atoms with Crippen LogP contribution in [0, 0.1) is 23.1 Å². The molecule has 182 valence electrons. The minimum absolute atomic E-state index is 0.0351.